The van der Waals surface area contributed by atoms with Crippen molar-refractivity contribution in [3.05, 3.63) is 338 Å². The molecule has 3 aliphatic rings. The highest BCUT2D eigenvalue weighted by Crippen LogP contribution is 2.47. The molecule has 14 rings (SSSR count). The van der Waals surface area contributed by atoms with Gasteiger partial charge >= 0.3 is 0 Å². The second kappa shape index (κ2) is 26.9. The molecule has 0 fully saturated rings. The molecule has 11 aromatic carbocycles. The van der Waals surface area contributed by atoms with Crippen LogP contribution in [0.3, 0.4) is 0 Å². The van der Waals surface area contributed by atoms with Crippen LogP contribution >= 0.6 is 0 Å². The Morgan fingerprint density at radius 3 is 1.45 bits per heavy atom. The van der Waals surface area contributed by atoms with Gasteiger partial charge in [-0.15, -0.1) is 0 Å². The first kappa shape index (κ1) is 64.3. The van der Waals surface area contributed by atoms with E-state index in [0.717, 1.165) is 62.0 Å². The molecule has 1 unspecified atom stereocenters. The highest BCUT2D eigenvalue weighted by Gasteiger charge is 2.32. The third kappa shape index (κ3) is 11.9. The van der Waals surface area contributed by atoms with Crippen molar-refractivity contribution >= 4 is 39.1 Å². The van der Waals surface area contributed by atoms with Gasteiger partial charge in [-0.3, -0.25) is 0 Å². The number of hydrogen-bond acceptors (Lipinski definition) is 2. The molecule has 0 amide bonds. The van der Waals surface area contributed by atoms with Crippen molar-refractivity contribution < 1.29 is 0 Å². The molecule has 2 nitrogen and oxygen atoms in total. The van der Waals surface area contributed by atoms with Gasteiger partial charge in [-0.25, -0.2) is 0 Å². The van der Waals surface area contributed by atoms with Crippen LogP contribution in [0.4, 0.5) is 22.7 Å². The van der Waals surface area contributed by atoms with Crippen LogP contribution in [-0.4, -0.2) is 6.04 Å². The molecule has 0 radical (unpaired) electrons. The van der Waals surface area contributed by atoms with E-state index in [4.69, 9.17) is 0 Å². The first-order valence-corrected chi connectivity index (χ1v) is 35.6. The molecule has 0 saturated heterocycles. The van der Waals surface area contributed by atoms with Crippen molar-refractivity contribution in [3.63, 3.8) is 0 Å². The molecule has 0 spiro atoms. The van der Waals surface area contributed by atoms with Crippen LogP contribution in [-0.2, 0) is 5.41 Å². The van der Waals surface area contributed by atoms with E-state index in [1.54, 1.807) is 0 Å². The third-order valence-corrected chi connectivity index (χ3v) is 23.1. The van der Waals surface area contributed by atoms with Crippen molar-refractivity contribution in [1.29, 1.82) is 0 Å². The second-order valence-electron chi connectivity index (χ2n) is 27.9. The summed E-state index contributed by atoms with van der Waals surface area (Å²) >= 11 is 0. The van der Waals surface area contributed by atoms with Gasteiger partial charge in [-0.2, -0.15) is 0 Å². The minimum atomic E-state index is -0.134. The summed E-state index contributed by atoms with van der Waals surface area (Å²) in [5, 5.41) is 2.43. The summed E-state index contributed by atoms with van der Waals surface area (Å²) in [5.74, 6) is 0. The summed E-state index contributed by atoms with van der Waals surface area (Å²) in [7, 11) is 0. The van der Waals surface area contributed by atoms with E-state index < -0.39 is 0 Å². The van der Waals surface area contributed by atoms with Crippen LogP contribution in [0.2, 0.25) is 0 Å². The zero-order valence-corrected chi connectivity index (χ0v) is 59.1. The summed E-state index contributed by atoms with van der Waals surface area (Å²) < 4.78 is 0. The molecule has 0 saturated carbocycles. The summed E-state index contributed by atoms with van der Waals surface area (Å²) in [6, 6.07) is 80.7. The Labute approximate surface area is 578 Å². The van der Waals surface area contributed by atoms with Crippen LogP contribution in [0.5, 0.6) is 0 Å². The van der Waals surface area contributed by atoms with Gasteiger partial charge in [0.15, 0.2) is 0 Å². The normalized spacial score (nSPS) is 14.6. The molecule has 2 heteroatoms. The fourth-order valence-electron chi connectivity index (χ4n) is 16.6. The average molecular weight is 1260 g/mol. The molecule has 11 aromatic rings. The quantitative estimate of drug-likeness (QED) is 0.0951. The number of fused-ring (bicyclic) bond motifs is 1. The van der Waals surface area contributed by atoms with Gasteiger partial charge in [0, 0.05) is 33.6 Å². The van der Waals surface area contributed by atoms with Crippen molar-refractivity contribution in [1.82, 2.24) is 0 Å². The van der Waals surface area contributed by atoms with Crippen molar-refractivity contribution in [2.75, 3.05) is 9.80 Å². The Hall–Kier alpha value is -10.0. The summed E-state index contributed by atoms with van der Waals surface area (Å²) in [6.07, 6.45) is 21.7. The molecule has 97 heavy (non-hydrogen) atoms. The maximum absolute atomic E-state index is 2.67. The lowest BCUT2D eigenvalue weighted by molar-refractivity contribution is 0.478. The summed E-state index contributed by atoms with van der Waals surface area (Å²) in [4.78, 5) is 5.10. The highest BCUT2D eigenvalue weighted by molar-refractivity contribution is 5.99. The zero-order chi connectivity index (χ0) is 67.2. The van der Waals surface area contributed by atoms with Crippen LogP contribution in [0.1, 0.15) is 131 Å². The monoisotopic (exact) mass is 1260 g/mol. The first-order chi connectivity index (χ1) is 47.1. The Kier molecular flexibility index (Phi) is 17.8. The lowest BCUT2D eigenvalue weighted by Crippen LogP contribution is -2.36. The van der Waals surface area contributed by atoms with E-state index in [1.807, 2.05) is 0 Å². The number of allylic oxidation sites excluding steroid dienone is 7. The van der Waals surface area contributed by atoms with E-state index >= 15 is 0 Å². The first-order valence-electron chi connectivity index (χ1n) is 35.6. The molecule has 0 heterocycles. The van der Waals surface area contributed by atoms with Crippen molar-refractivity contribution in [2.24, 2.45) is 0 Å². The number of hydrogen-bond donors (Lipinski definition) is 0. The molecule has 3 aliphatic carbocycles. The topological polar surface area (TPSA) is 6.48 Å². The fraction of sp³-hybridized carbons (Fsp3) is 0.221. The number of rotatable bonds is 16. The largest absolute Gasteiger partial charge is 0.334 e. The fourth-order valence-corrected chi connectivity index (χ4v) is 16.6. The van der Waals surface area contributed by atoms with Crippen LogP contribution < -0.4 is 9.80 Å². The number of anilines is 4. The van der Waals surface area contributed by atoms with E-state index in [9.17, 15) is 0 Å². The Morgan fingerprint density at radius 2 is 0.876 bits per heavy atom. The minimum Gasteiger partial charge on any atom is -0.334 e. The Balaban J connectivity index is 0.720. The summed E-state index contributed by atoms with van der Waals surface area (Å²) in [6.45, 7) is 27.5. The summed E-state index contributed by atoms with van der Waals surface area (Å²) in [5.41, 5.74) is 40.7. The third-order valence-electron chi connectivity index (χ3n) is 23.1. The lowest BCUT2D eigenvalue weighted by atomic mass is 9.70. The SMILES string of the molecule is CCC(CC)(c1ccc(-c2ccc(N(c3cccc(-c4cccc(-c5c(C)c(C)c(C)c(C)c5C)c4)c3)c3cccc4ccccc34)cc2)cc1)c1ccc(-c2ccc(N(C3=CCCC4=C3CCC=C4)C3C=CC=C(c4cccc(-c5c(C)c(C)c(C)c(C)c5C)c4)C3)cc2)cc1. The molecule has 0 aromatic heterocycles. The van der Waals surface area contributed by atoms with Gasteiger partial charge in [0.1, 0.15) is 0 Å². The molecule has 0 N–H and O–H groups in total. The number of benzene rings is 11. The maximum Gasteiger partial charge on any atom is 0.0565 e. The van der Waals surface area contributed by atoms with Crippen molar-refractivity contribution in [2.45, 2.75) is 139 Å². The average Bonchev–Trinajstić information content (AvgIpc) is 0.808. The van der Waals surface area contributed by atoms with E-state index in [0.29, 0.717) is 0 Å². The van der Waals surface area contributed by atoms with E-state index in [2.05, 4.69) is 342 Å². The van der Waals surface area contributed by atoms with Gasteiger partial charge in [-0.1, -0.05) is 208 Å². The van der Waals surface area contributed by atoms with Crippen molar-refractivity contribution in [3.8, 4) is 55.6 Å². The minimum absolute atomic E-state index is 0.134. The van der Waals surface area contributed by atoms with Crippen LogP contribution in [0, 0.1) is 69.2 Å². The van der Waals surface area contributed by atoms with Gasteiger partial charge in [0.25, 0.3) is 0 Å². The van der Waals surface area contributed by atoms with Gasteiger partial charge in [0.05, 0.1) is 11.7 Å². The molecule has 0 aliphatic heterocycles. The standard InChI is InChI=1S/C95H92N2/c1-13-95(14-2,83-49-41-71(42-50-83)73-45-53-85(54-46-73)96(91-39-23-27-75-25-15-17-37-89(75)91)87-35-21-31-79(59-87)77-29-19-33-81(57-77)93-67(9)63(5)61(3)64(6)68(93)10)84-51-43-72(44-52-84)74-47-55-86(56-48-74)97(92-40-24-28-76-26-16-18-38-90(76)92)88-36-22-32-80(60-88)78-30-20-34-82(58-78)94-69(11)65(7)62(4)66(8)70(94)12/h15-17,19-23,25-27,29-37,39-59,88H,13-14,18,24,28,38,60H2,1-12H3. The zero-order valence-electron chi connectivity index (χ0n) is 59.1. The van der Waals surface area contributed by atoms with Gasteiger partial charge in [0.2, 0.25) is 0 Å². The predicted octanol–water partition coefficient (Wildman–Crippen LogP) is 26.4. The molecule has 0 bridgehead atoms. The van der Waals surface area contributed by atoms with Gasteiger partial charge < -0.3 is 9.80 Å². The highest BCUT2D eigenvalue weighted by atomic mass is 15.2. The molecule has 482 valence electrons. The van der Waals surface area contributed by atoms with Crippen LogP contribution in [0.15, 0.2) is 266 Å². The Morgan fingerprint density at radius 1 is 0.402 bits per heavy atom. The second-order valence-corrected chi connectivity index (χ2v) is 27.9. The number of nitrogens with zero attached hydrogens (tertiary/aromatic N) is 2. The smallest absolute Gasteiger partial charge is 0.0565 e. The molecular weight excluding hydrogens is 1170 g/mol. The molecular formula is C95H92N2. The lowest BCUT2D eigenvalue weighted by Gasteiger charge is -2.39. The van der Waals surface area contributed by atoms with Gasteiger partial charge in [-0.05, 0) is 319 Å². The van der Waals surface area contributed by atoms with E-state index in [1.165, 1.54) is 167 Å². The van der Waals surface area contributed by atoms with Crippen LogP contribution in [0.25, 0.3) is 72.0 Å². The maximum atomic E-state index is 2.67. The predicted molar refractivity (Wildman–Crippen MR) is 418 cm³/mol. The Bertz CT molecular complexity index is 4930. The van der Waals surface area contributed by atoms with E-state index in [-0.39, 0.29) is 11.5 Å². The molecule has 1 atom stereocenters.